The summed E-state index contributed by atoms with van der Waals surface area (Å²) in [5.41, 5.74) is 1.80. The SMILES string of the molecule is COc1ccc(N2C(=O)C3Sc4c(sc(=O)n4CC(=O)Nc4ccc(Cl)cc4)C(c4ccc(Br)cc4)C3C2=O)cc1. The summed E-state index contributed by atoms with van der Waals surface area (Å²) in [7, 11) is 1.54. The molecule has 0 aliphatic carbocycles. The predicted molar refractivity (Wildman–Crippen MR) is 163 cm³/mol. The monoisotopic (exact) mass is 669 g/mol. The van der Waals surface area contributed by atoms with Gasteiger partial charge in [0.15, 0.2) is 0 Å². The predicted octanol–water partition coefficient (Wildman–Crippen LogP) is 5.77. The number of carbonyl (C=O) groups is 3. The molecule has 0 spiro atoms. The highest BCUT2D eigenvalue weighted by molar-refractivity contribution is 9.10. The van der Waals surface area contributed by atoms with Crippen molar-refractivity contribution >= 4 is 79.7 Å². The highest BCUT2D eigenvalue weighted by Crippen LogP contribution is 2.54. The topological polar surface area (TPSA) is 97.7 Å². The van der Waals surface area contributed by atoms with Gasteiger partial charge in [0, 0.05) is 26.0 Å². The number of ether oxygens (including phenoxy) is 1. The van der Waals surface area contributed by atoms with Crippen LogP contribution in [0.5, 0.6) is 5.75 Å². The zero-order valence-electron chi connectivity index (χ0n) is 21.4. The maximum Gasteiger partial charge on any atom is 0.308 e. The molecular formula is C29H21BrClN3O5S2. The van der Waals surface area contributed by atoms with Crippen LogP contribution in [0.25, 0.3) is 0 Å². The number of hydrogen-bond donors (Lipinski definition) is 1. The minimum absolute atomic E-state index is 0.241. The molecule has 41 heavy (non-hydrogen) atoms. The molecule has 2 aliphatic heterocycles. The number of benzene rings is 3. The number of anilines is 2. The lowest BCUT2D eigenvalue weighted by atomic mass is 9.83. The summed E-state index contributed by atoms with van der Waals surface area (Å²) in [4.78, 5) is 55.6. The fourth-order valence-corrected chi connectivity index (χ4v) is 8.31. The number of hydrogen-bond acceptors (Lipinski definition) is 7. The first kappa shape index (κ1) is 27.8. The van der Waals surface area contributed by atoms with Crippen LogP contribution >= 0.6 is 50.6 Å². The van der Waals surface area contributed by atoms with Crippen molar-refractivity contribution in [3.63, 3.8) is 0 Å². The maximum absolute atomic E-state index is 14.0. The Labute approximate surface area is 256 Å². The Bertz CT molecular complexity index is 1720. The summed E-state index contributed by atoms with van der Waals surface area (Å²) in [5.74, 6) is -1.75. The number of methoxy groups -OCH3 is 1. The molecule has 3 heterocycles. The largest absolute Gasteiger partial charge is 0.497 e. The molecule has 1 N–H and O–H groups in total. The summed E-state index contributed by atoms with van der Waals surface area (Å²) in [6.45, 7) is -0.241. The fraction of sp³-hybridized carbons (Fsp3) is 0.172. The Morgan fingerprint density at radius 3 is 2.32 bits per heavy atom. The molecule has 1 fully saturated rings. The van der Waals surface area contributed by atoms with Gasteiger partial charge >= 0.3 is 4.87 Å². The zero-order chi connectivity index (χ0) is 28.8. The van der Waals surface area contributed by atoms with E-state index >= 15 is 0 Å². The molecule has 3 amide bonds. The third-order valence-electron chi connectivity index (χ3n) is 7.04. The normalized spacial score (nSPS) is 19.6. The van der Waals surface area contributed by atoms with Crippen molar-refractivity contribution in [2.75, 3.05) is 17.3 Å². The summed E-state index contributed by atoms with van der Waals surface area (Å²) >= 11 is 11.6. The first-order valence-corrected chi connectivity index (χ1v) is 15.3. The van der Waals surface area contributed by atoms with Crippen molar-refractivity contribution in [3.8, 4) is 5.75 Å². The van der Waals surface area contributed by atoms with Crippen LogP contribution in [0.2, 0.25) is 5.02 Å². The minimum atomic E-state index is -0.773. The Hall–Kier alpha value is -3.38. The quantitative estimate of drug-likeness (QED) is 0.262. The number of carbonyl (C=O) groups excluding carboxylic acids is 3. The van der Waals surface area contributed by atoms with Gasteiger partial charge in [-0.15, -0.1) is 0 Å². The van der Waals surface area contributed by atoms with Gasteiger partial charge in [-0.05, 0) is 66.2 Å². The molecule has 3 unspecified atom stereocenters. The third-order valence-corrected chi connectivity index (χ3v) is 10.4. The lowest BCUT2D eigenvalue weighted by Crippen LogP contribution is -2.33. The molecule has 4 aromatic rings. The van der Waals surface area contributed by atoms with E-state index in [0.717, 1.165) is 21.4 Å². The van der Waals surface area contributed by atoms with Crippen LogP contribution in [-0.4, -0.2) is 34.6 Å². The smallest absolute Gasteiger partial charge is 0.308 e. The number of thiazole rings is 1. The van der Waals surface area contributed by atoms with E-state index in [2.05, 4.69) is 21.2 Å². The van der Waals surface area contributed by atoms with E-state index in [1.165, 1.54) is 21.2 Å². The van der Waals surface area contributed by atoms with Crippen LogP contribution in [0.3, 0.4) is 0 Å². The van der Waals surface area contributed by atoms with Crippen molar-refractivity contribution in [2.24, 2.45) is 5.92 Å². The van der Waals surface area contributed by atoms with Crippen molar-refractivity contribution in [1.82, 2.24) is 4.57 Å². The lowest BCUT2D eigenvalue weighted by Gasteiger charge is -2.30. The van der Waals surface area contributed by atoms with E-state index in [4.69, 9.17) is 16.3 Å². The standard InChI is InChI=1S/C29H21BrClN3O5S2/c1-39-20-12-10-19(11-13-20)34-26(36)23-22(15-2-4-16(30)5-3-15)25-28(40-24(23)27(34)37)33(29(38)41-25)14-21(35)32-18-8-6-17(31)7-9-18/h2-13,22-24H,14H2,1H3,(H,32,35). The average Bonchev–Trinajstić information content (AvgIpc) is 3.41. The van der Waals surface area contributed by atoms with Crippen LogP contribution in [-0.2, 0) is 20.9 Å². The highest BCUT2D eigenvalue weighted by atomic mass is 79.9. The van der Waals surface area contributed by atoms with Crippen LogP contribution in [0.4, 0.5) is 11.4 Å². The second-order valence-electron chi connectivity index (χ2n) is 9.48. The minimum Gasteiger partial charge on any atom is -0.497 e. The summed E-state index contributed by atoms with van der Waals surface area (Å²) < 4.78 is 7.49. The lowest BCUT2D eigenvalue weighted by molar-refractivity contribution is -0.122. The van der Waals surface area contributed by atoms with Gasteiger partial charge in [0.25, 0.3) is 0 Å². The molecule has 0 bridgehead atoms. The van der Waals surface area contributed by atoms with Gasteiger partial charge in [0.05, 0.1) is 23.7 Å². The third kappa shape index (κ3) is 5.12. The van der Waals surface area contributed by atoms with Gasteiger partial charge in [0.2, 0.25) is 17.7 Å². The van der Waals surface area contributed by atoms with Crippen LogP contribution < -0.4 is 19.8 Å². The number of nitrogens with zero attached hydrogens (tertiary/aromatic N) is 2. The van der Waals surface area contributed by atoms with E-state index in [1.54, 1.807) is 55.6 Å². The first-order valence-electron chi connectivity index (χ1n) is 12.5. The maximum atomic E-state index is 14.0. The number of thioether (sulfide) groups is 1. The second-order valence-corrected chi connectivity index (χ2v) is 13.0. The molecular weight excluding hydrogens is 650 g/mol. The first-order chi connectivity index (χ1) is 19.7. The van der Waals surface area contributed by atoms with E-state index in [-0.39, 0.29) is 23.2 Å². The molecule has 8 nitrogen and oxygen atoms in total. The van der Waals surface area contributed by atoms with Gasteiger partial charge in [-0.25, -0.2) is 4.90 Å². The van der Waals surface area contributed by atoms with Crippen LogP contribution in [0.15, 0.2) is 87.1 Å². The highest BCUT2D eigenvalue weighted by Gasteiger charge is 2.56. The van der Waals surface area contributed by atoms with Gasteiger partial charge in [-0.2, -0.15) is 0 Å². The molecule has 3 atom stereocenters. The van der Waals surface area contributed by atoms with Crippen molar-refractivity contribution in [1.29, 1.82) is 0 Å². The van der Waals surface area contributed by atoms with E-state index in [0.29, 0.717) is 32.1 Å². The molecule has 2 aliphatic rings. The number of aromatic nitrogens is 1. The summed E-state index contributed by atoms with van der Waals surface area (Å²) in [5, 5.41) is 3.07. The Balaban J connectivity index is 1.39. The molecule has 0 radical (unpaired) electrons. The number of nitrogens with one attached hydrogen (secondary N) is 1. The average molecular weight is 671 g/mol. The second kappa shape index (κ2) is 11.1. The summed E-state index contributed by atoms with van der Waals surface area (Å²) in [6, 6.07) is 20.9. The molecule has 208 valence electrons. The zero-order valence-corrected chi connectivity index (χ0v) is 25.4. The molecule has 3 aromatic carbocycles. The van der Waals surface area contributed by atoms with Crippen molar-refractivity contribution < 1.29 is 19.1 Å². The van der Waals surface area contributed by atoms with Gasteiger partial charge in [-0.1, -0.05) is 62.8 Å². The summed E-state index contributed by atoms with van der Waals surface area (Å²) in [6.07, 6.45) is 0. The van der Waals surface area contributed by atoms with Gasteiger partial charge < -0.3 is 10.1 Å². The number of imide groups is 1. The molecule has 1 aromatic heterocycles. The van der Waals surface area contributed by atoms with Crippen molar-refractivity contribution in [2.45, 2.75) is 22.7 Å². The Morgan fingerprint density at radius 2 is 1.66 bits per heavy atom. The number of rotatable bonds is 6. The van der Waals surface area contributed by atoms with Crippen LogP contribution in [0.1, 0.15) is 16.4 Å². The number of halogens is 2. The Kier molecular flexibility index (Phi) is 7.54. The Morgan fingerprint density at radius 1 is 0.976 bits per heavy atom. The van der Waals surface area contributed by atoms with E-state index in [9.17, 15) is 19.2 Å². The molecule has 1 saturated heterocycles. The number of amides is 3. The number of fused-ring (bicyclic) bond motifs is 2. The van der Waals surface area contributed by atoms with Gasteiger partial charge in [-0.3, -0.25) is 23.7 Å². The van der Waals surface area contributed by atoms with E-state index in [1.807, 2.05) is 24.3 Å². The molecule has 6 rings (SSSR count). The van der Waals surface area contributed by atoms with Crippen LogP contribution in [0, 0.1) is 5.92 Å². The van der Waals surface area contributed by atoms with Gasteiger partial charge in [0.1, 0.15) is 17.5 Å². The van der Waals surface area contributed by atoms with Crippen molar-refractivity contribution in [3.05, 3.63) is 102 Å². The molecule has 12 heteroatoms. The fourth-order valence-electron chi connectivity index (χ4n) is 5.15. The molecule has 0 saturated carbocycles. The van der Waals surface area contributed by atoms with E-state index < -0.39 is 23.0 Å².